The molecule has 2 aromatic rings. The SMILES string of the molecule is CC#CCC(NCC)c1csc2ccccc12. The maximum atomic E-state index is 3.52. The number of fused-ring (bicyclic) bond motifs is 1. The Labute approximate surface area is 107 Å². The van der Waals surface area contributed by atoms with Crippen LogP contribution in [-0.4, -0.2) is 6.54 Å². The van der Waals surface area contributed by atoms with Crippen molar-refractivity contribution in [1.82, 2.24) is 5.32 Å². The van der Waals surface area contributed by atoms with Gasteiger partial charge in [0, 0.05) is 17.2 Å². The van der Waals surface area contributed by atoms with E-state index >= 15 is 0 Å². The minimum absolute atomic E-state index is 0.351. The summed E-state index contributed by atoms with van der Waals surface area (Å²) in [7, 11) is 0. The zero-order valence-corrected chi connectivity index (χ0v) is 11.1. The highest BCUT2D eigenvalue weighted by Crippen LogP contribution is 2.31. The lowest BCUT2D eigenvalue weighted by molar-refractivity contribution is 0.570. The molecule has 1 aromatic heterocycles. The van der Waals surface area contributed by atoms with Crippen molar-refractivity contribution in [3.8, 4) is 11.8 Å². The summed E-state index contributed by atoms with van der Waals surface area (Å²) in [5.74, 6) is 6.16. The molecule has 17 heavy (non-hydrogen) atoms. The third-order valence-electron chi connectivity index (χ3n) is 2.82. The van der Waals surface area contributed by atoms with Crippen LogP contribution in [0.4, 0.5) is 0 Å². The van der Waals surface area contributed by atoms with E-state index in [2.05, 4.69) is 53.7 Å². The van der Waals surface area contributed by atoms with E-state index in [1.54, 1.807) is 0 Å². The molecular formula is C15H17NS. The van der Waals surface area contributed by atoms with E-state index in [-0.39, 0.29) is 0 Å². The van der Waals surface area contributed by atoms with E-state index in [1.165, 1.54) is 15.6 Å². The van der Waals surface area contributed by atoms with Crippen LogP contribution in [0, 0.1) is 11.8 Å². The van der Waals surface area contributed by atoms with Gasteiger partial charge in [-0.25, -0.2) is 0 Å². The molecule has 1 nitrogen and oxygen atoms in total. The van der Waals surface area contributed by atoms with Crippen molar-refractivity contribution in [1.29, 1.82) is 0 Å². The first-order valence-electron chi connectivity index (χ1n) is 5.96. The van der Waals surface area contributed by atoms with E-state index in [9.17, 15) is 0 Å². The van der Waals surface area contributed by atoms with Crippen molar-refractivity contribution in [3.05, 3.63) is 35.2 Å². The van der Waals surface area contributed by atoms with Crippen LogP contribution < -0.4 is 5.32 Å². The van der Waals surface area contributed by atoms with Gasteiger partial charge in [-0.05, 0) is 35.9 Å². The van der Waals surface area contributed by atoms with Crippen molar-refractivity contribution < 1.29 is 0 Å². The van der Waals surface area contributed by atoms with Gasteiger partial charge in [0.05, 0.1) is 0 Å². The molecule has 0 spiro atoms. The monoisotopic (exact) mass is 243 g/mol. The molecule has 2 rings (SSSR count). The van der Waals surface area contributed by atoms with Gasteiger partial charge in [0.1, 0.15) is 0 Å². The van der Waals surface area contributed by atoms with Gasteiger partial charge in [-0.3, -0.25) is 0 Å². The van der Waals surface area contributed by atoms with Crippen LogP contribution in [0.3, 0.4) is 0 Å². The summed E-state index contributed by atoms with van der Waals surface area (Å²) in [6, 6.07) is 8.93. The Morgan fingerprint density at radius 2 is 2.18 bits per heavy atom. The molecule has 0 aliphatic rings. The third-order valence-corrected chi connectivity index (χ3v) is 3.80. The summed E-state index contributed by atoms with van der Waals surface area (Å²) in [6.07, 6.45) is 0.880. The summed E-state index contributed by atoms with van der Waals surface area (Å²) in [5.41, 5.74) is 1.38. The Kier molecular flexibility index (Phi) is 4.19. The first-order valence-corrected chi connectivity index (χ1v) is 6.84. The van der Waals surface area contributed by atoms with Crippen LogP contribution in [0.25, 0.3) is 10.1 Å². The van der Waals surface area contributed by atoms with Gasteiger partial charge >= 0.3 is 0 Å². The molecule has 1 aromatic carbocycles. The van der Waals surface area contributed by atoms with E-state index in [0.29, 0.717) is 6.04 Å². The molecule has 0 saturated carbocycles. The molecule has 2 heteroatoms. The van der Waals surface area contributed by atoms with Crippen LogP contribution in [0.15, 0.2) is 29.6 Å². The Bertz CT molecular complexity index is 545. The number of rotatable bonds is 4. The van der Waals surface area contributed by atoms with E-state index in [1.807, 2.05) is 18.3 Å². The Hall–Kier alpha value is -1.30. The zero-order chi connectivity index (χ0) is 12.1. The first-order chi connectivity index (χ1) is 8.36. The summed E-state index contributed by atoms with van der Waals surface area (Å²) >= 11 is 1.81. The van der Waals surface area contributed by atoms with Gasteiger partial charge in [-0.1, -0.05) is 25.1 Å². The second-order valence-corrected chi connectivity index (χ2v) is 4.84. The highest BCUT2D eigenvalue weighted by molar-refractivity contribution is 7.17. The highest BCUT2D eigenvalue weighted by Gasteiger charge is 2.13. The van der Waals surface area contributed by atoms with Gasteiger partial charge in [-0.2, -0.15) is 0 Å². The molecule has 88 valence electrons. The Morgan fingerprint density at radius 1 is 1.35 bits per heavy atom. The quantitative estimate of drug-likeness (QED) is 0.801. The van der Waals surface area contributed by atoms with Gasteiger partial charge in [-0.15, -0.1) is 23.2 Å². The zero-order valence-electron chi connectivity index (χ0n) is 10.3. The van der Waals surface area contributed by atoms with Crippen LogP contribution in [-0.2, 0) is 0 Å². The van der Waals surface area contributed by atoms with Crippen molar-refractivity contribution >= 4 is 21.4 Å². The fourth-order valence-electron chi connectivity index (χ4n) is 2.01. The summed E-state index contributed by atoms with van der Waals surface area (Å²) < 4.78 is 1.36. The molecule has 1 unspecified atom stereocenters. The molecule has 0 radical (unpaired) electrons. The molecule has 0 aliphatic carbocycles. The number of benzene rings is 1. The van der Waals surface area contributed by atoms with E-state index in [4.69, 9.17) is 0 Å². The molecule has 0 amide bonds. The van der Waals surface area contributed by atoms with Crippen molar-refractivity contribution in [2.75, 3.05) is 6.54 Å². The van der Waals surface area contributed by atoms with Gasteiger partial charge < -0.3 is 5.32 Å². The molecule has 1 heterocycles. The third kappa shape index (κ3) is 2.69. The predicted molar refractivity (Wildman–Crippen MR) is 76.3 cm³/mol. The number of hydrogen-bond acceptors (Lipinski definition) is 2. The lowest BCUT2D eigenvalue weighted by Gasteiger charge is -2.14. The van der Waals surface area contributed by atoms with Crippen LogP contribution in [0.1, 0.15) is 31.9 Å². The van der Waals surface area contributed by atoms with Crippen molar-refractivity contribution in [2.45, 2.75) is 26.3 Å². The molecule has 0 aliphatic heterocycles. The predicted octanol–water partition coefficient (Wildman–Crippen LogP) is 3.97. The van der Waals surface area contributed by atoms with Crippen LogP contribution >= 0.6 is 11.3 Å². The lowest BCUT2D eigenvalue weighted by Crippen LogP contribution is -2.20. The second kappa shape index (κ2) is 5.86. The van der Waals surface area contributed by atoms with Gasteiger partial charge in [0.15, 0.2) is 0 Å². The summed E-state index contributed by atoms with van der Waals surface area (Å²) in [4.78, 5) is 0. The van der Waals surface area contributed by atoms with E-state index in [0.717, 1.165) is 13.0 Å². The molecule has 0 saturated heterocycles. The average Bonchev–Trinajstić information content (AvgIpc) is 2.78. The Morgan fingerprint density at radius 3 is 2.94 bits per heavy atom. The van der Waals surface area contributed by atoms with Crippen LogP contribution in [0.2, 0.25) is 0 Å². The maximum absolute atomic E-state index is 3.52. The lowest BCUT2D eigenvalue weighted by atomic mass is 10.0. The normalized spacial score (nSPS) is 12.1. The minimum Gasteiger partial charge on any atom is -0.309 e. The number of thiophene rings is 1. The van der Waals surface area contributed by atoms with Crippen LogP contribution in [0.5, 0.6) is 0 Å². The molecule has 0 bridgehead atoms. The fourth-order valence-corrected chi connectivity index (χ4v) is 3.03. The summed E-state index contributed by atoms with van der Waals surface area (Å²) in [5, 5.41) is 7.14. The van der Waals surface area contributed by atoms with Gasteiger partial charge in [0.25, 0.3) is 0 Å². The number of hydrogen-bond donors (Lipinski definition) is 1. The van der Waals surface area contributed by atoms with E-state index < -0.39 is 0 Å². The second-order valence-electron chi connectivity index (χ2n) is 3.93. The molecule has 1 N–H and O–H groups in total. The summed E-state index contributed by atoms with van der Waals surface area (Å²) in [6.45, 7) is 5.01. The first kappa shape index (κ1) is 12.2. The molecular weight excluding hydrogens is 226 g/mol. The van der Waals surface area contributed by atoms with Crippen molar-refractivity contribution in [3.63, 3.8) is 0 Å². The molecule has 0 fully saturated rings. The Balaban J connectivity index is 2.36. The fraction of sp³-hybridized carbons (Fsp3) is 0.333. The largest absolute Gasteiger partial charge is 0.309 e. The number of nitrogens with one attached hydrogen (secondary N) is 1. The smallest absolute Gasteiger partial charge is 0.0445 e. The molecule has 1 atom stereocenters. The van der Waals surface area contributed by atoms with Crippen molar-refractivity contribution in [2.24, 2.45) is 0 Å². The minimum atomic E-state index is 0.351. The maximum Gasteiger partial charge on any atom is 0.0445 e. The highest BCUT2D eigenvalue weighted by atomic mass is 32.1. The standard InChI is InChI=1S/C15H17NS/c1-3-5-9-14(16-4-2)13-11-17-15-10-7-6-8-12(13)15/h6-8,10-11,14,16H,4,9H2,1-2H3. The average molecular weight is 243 g/mol. The van der Waals surface area contributed by atoms with Gasteiger partial charge in [0.2, 0.25) is 0 Å². The topological polar surface area (TPSA) is 12.0 Å².